The van der Waals surface area contributed by atoms with Crippen molar-refractivity contribution in [2.45, 2.75) is 40.0 Å². The predicted molar refractivity (Wildman–Crippen MR) is 96.1 cm³/mol. The first-order valence-electron chi connectivity index (χ1n) is 8.27. The van der Waals surface area contributed by atoms with E-state index in [4.69, 9.17) is 15.0 Å². The third-order valence-corrected chi connectivity index (χ3v) is 4.86. The molecule has 0 aliphatic carbocycles. The van der Waals surface area contributed by atoms with Gasteiger partial charge in [0.2, 0.25) is 0 Å². The average molecular weight is 387 g/mol. The highest BCUT2D eigenvalue weighted by molar-refractivity contribution is 7.47. The standard InChI is InChI=1S/C15H26N5O5P/c1-9(2)11(6-24-26(21,22)23-5)25-15(10(3)4)20-8-19-12-13(16)17-7-18-14(12)20/h7-11,15H,6H2,1-5H3,(H,21,22)(H2,16,17,18). The summed E-state index contributed by atoms with van der Waals surface area (Å²) in [6.07, 6.45) is 2.10. The molecule has 2 rings (SSSR count). The summed E-state index contributed by atoms with van der Waals surface area (Å²) in [5, 5.41) is 0. The maximum absolute atomic E-state index is 11.6. The van der Waals surface area contributed by atoms with Crippen LogP contribution in [0.2, 0.25) is 0 Å². The molecule has 0 aliphatic heterocycles. The van der Waals surface area contributed by atoms with Gasteiger partial charge in [0, 0.05) is 7.11 Å². The number of rotatable bonds is 9. The van der Waals surface area contributed by atoms with Gasteiger partial charge in [-0.1, -0.05) is 27.7 Å². The van der Waals surface area contributed by atoms with Crippen LogP contribution >= 0.6 is 7.82 Å². The number of fused-ring (bicyclic) bond motifs is 1. The molecule has 2 heterocycles. The lowest BCUT2D eigenvalue weighted by Gasteiger charge is -2.30. The SMILES string of the molecule is COP(=O)(O)OCC(OC(C(C)C)n1cnc2c(N)ncnc21)C(C)C. The van der Waals surface area contributed by atoms with Crippen LogP contribution in [0.3, 0.4) is 0 Å². The number of nitrogens with zero attached hydrogens (tertiary/aromatic N) is 4. The van der Waals surface area contributed by atoms with Crippen LogP contribution in [-0.4, -0.2) is 44.2 Å². The van der Waals surface area contributed by atoms with Crippen molar-refractivity contribution in [2.24, 2.45) is 11.8 Å². The maximum Gasteiger partial charge on any atom is 0.472 e. The lowest BCUT2D eigenvalue weighted by atomic mass is 10.1. The second-order valence-electron chi connectivity index (χ2n) is 6.58. The molecule has 11 heteroatoms. The van der Waals surface area contributed by atoms with Crippen LogP contribution in [0.1, 0.15) is 33.9 Å². The molecule has 10 nitrogen and oxygen atoms in total. The van der Waals surface area contributed by atoms with Gasteiger partial charge < -0.3 is 15.4 Å². The zero-order valence-corrected chi connectivity index (χ0v) is 16.5. The summed E-state index contributed by atoms with van der Waals surface area (Å²) in [5.74, 6) is 0.386. The molecule has 0 aromatic carbocycles. The summed E-state index contributed by atoms with van der Waals surface area (Å²) >= 11 is 0. The monoisotopic (exact) mass is 387 g/mol. The Labute approximate surface area is 152 Å². The number of imidazole rings is 1. The van der Waals surface area contributed by atoms with E-state index in [2.05, 4.69) is 19.5 Å². The van der Waals surface area contributed by atoms with Gasteiger partial charge in [-0.05, 0) is 11.8 Å². The van der Waals surface area contributed by atoms with Crippen molar-refractivity contribution >= 4 is 24.8 Å². The van der Waals surface area contributed by atoms with Gasteiger partial charge in [-0.3, -0.25) is 13.6 Å². The van der Waals surface area contributed by atoms with Crippen LogP contribution in [-0.2, 0) is 18.3 Å². The van der Waals surface area contributed by atoms with E-state index in [1.165, 1.54) is 6.33 Å². The summed E-state index contributed by atoms with van der Waals surface area (Å²) in [5.41, 5.74) is 6.90. The van der Waals surface area contributed by atoms with Gasteiger partial charge in [-0.2, -0.15) is 0 Å². The number of phosphoric ester groups is 1. The van der Waals surface area contributed by atoms with E-state index in [0.29, 0.717) is 17.0 Å². The Balaban J connectivity index is 2.27. The molecule has 0 bridgehead atoms. The molecule has 0 fully saturated rings. The Morgan fingerprint density at radius 2 is 1.92 bits per heavy atom. The van der Waals surface area contributed by atoms with Gasteiger partial charge in [0.1, 0.15) is 18.1 Å². The van der Waals surface area contributed by atoms with Crippen molar-refractivity contribution in [3.05, 3.63) is 12.7 Å². The van der Waals surface area contributed by atoms with Crippen molar-refractivity contribution in [2.75, 3.05) is 19.5 Å². The van der Waals surface area contributed by atoms with Crippen LogP contribution in [0.4, 0.5) is 5.82 Å². The number of hydrogen-bond acceptors (Lipinski definition) is 8. The minimum Gasteiger partial charge on any atom is -0.382 e. The first-order valence-corrected chi connectivity index (χ1v) is 9.77. The molecular formula is C15H26N5O5P. The molecule has 0 amide bonds. The van der Waals surface area contributed by atoms with Crippen molar-refractivity contribution in [1.29, 1.82) is 0 Å². The third kappa shape index (κ3) is 4.77. The van der Waals surface area contributed by atoms with Crippen LogP contribution in [0.25, 0.3) is 11.2 Å². The quantitative estimate of drug-likeness (QED) is 0.622. The molecule has 2 aromatic rings. The lowest BCUT2D eigenvalue weighted by molar-refractivity contribution is -0.111. The average Bonchev–Trinajstić information content (AvgIpc) is 2.99. The predicted octanol–water partition coefficient (Wildman–Crippen LogP) is 2.37. The number of nitrogens with two attached hydrogens (primary N) is 1. The Kier molecular flexibility index (Phi) is 6.70. The third-order valence-electron chi connectivity index (χ3n) is 3.92. The molecule has 3 unspecified atom stereocenters. The van der Waals surface area contributed by atoms with Gasteiger partial charge >= 0.3 is 7.82 Å². The fraction of sp³-hybridized carbons (Fsp3) is 0.667. The molecule has 146 valence electrons. The summed E-state index contributed by atoms with van der Waals surface area (Å²) in [6.45, 7) is 7.77. The van der Waals surface area contributed by atoms with E-state index >= 15 is 0 Å². The lowest BCUT2D eigenvalue weighted by Crippen LogP contribution is -2.31. The number of nitrogen functional groups attached to an aromatic ring is 1. The van der Waals surface area contributed by atoms with Gasteiger partial charge in [0.05, 0.1) is 19.0 Å². The summed E-state index contributed by atoms with van der Waals surface area (Å²) in [7, 11) is -2.96. The number of hydrogen-bond donors (Lipinski definition) is 2. The largest absolute Gasteiger partial charge is 0.472 e. The topological polar surface area (TPSA) is 135 Å². The van der Waals surface area contributed by atoms with E-state index in [9.17, 15) is 9.46 Å². The fourth-order valence-electron chi connectivity index (χ4n) is 2.39. The number of ether oxygens (including phenoxy) is 1. The molecule has 2 aromatic heterocycles. The van der Waals surface area contributed by atoms with Crippen LogP contribution in [0, 0.1) is 11.8 Å². The zero-order chi connectivity index (χ0) is 19.5. The Bertz CT molecular complexity index is 781. The molecule has 0 radical (unpaired) electrons. The molecule has 0 saturated carbocycles. The molecule has 0 spiro atoms. The van der Waals surface area contributed by atoms with Crippen LogP contribution in [0.5, 0.6) is 0 Å². The van der Waals surface area contributed by atoms with Crippen molar-refractivity contribution in [1.82, 2.24) is 19.5 Å². The fourth-order valence-corrected chi connectivity index (χ4v) is 2.83. The van der Waals surface area contributed by atoms with Gasteiger partial charge in [-0.15, -0.1) is 0 Å². The summed E-state index contributed by atoms with van der Waals surface area (Å²) < 4.78 is 29.0. The number of phosphoric acid groups is 1. The molecule has 0 saturated heterocycles. The Hall–Kier alpha value is -1.58. The van der Waals surface area contributed by atoms with E-state index in [0.717, 1.165) is 7.11 Å². The van der Waals surface area contributed by atoms with E-state index in [-0.39, 0.29) is 18.4 Å². The van der Waals surface area contributed by atoms with E-state index < -0.39 is 20.2 Å². The summed E-state index contributed by atoms with van der Waals surface area (Å²) in [4.78, 5) is 21.9. The zero-order valence-electron chi connectivity index (χ0n) is 15.6. The van der Waals surface area contributed by atoms with Gasteiger partial charge in [-0.25, -0.2) is 19.5 Å². The number of anilines is 1. The normalized spacial score (nSPS) is 16.9. The highest BCUT2D eigenvalue weighted by Crippen LogP contribution is 2.42. The van der Waals surface area contributed by atoms with E-state index in [1.807, 2.05) is 27.7 Å². The molecule has 26 heavy (non-hydrogen) atoms. The van der Waals surface area contributed by atoms with Crippen LogP contribution < -0.4 is 5.73 Å². The maximum atomic E-state index is 11.6. The second kappa shape index (κ2) is 8.41. The molecule has 3 atom stereocenters. The van der Waals surface area contributed by atoms with Gasteiger partial charge in [0.15, 0.2) is 11.5 Å². The highest BCUT2D eigenvalue weighted by Gasteiger charge is 2.29. The van der Waals surface area contributed by atoms with Crippen LogP contribution in [0.15, 0.2) is 12.7 Å². The van der Waals surface area contributed by atoms with Crippen molar-refractivity contribution in [3.63, 3.8) is 0 Å². The smallest absolute Gasteiger partial charge is 0.382 e. The first kappa shape index (κ1) is 20.7. The molecule has 0 aliphatic rings. The minimum absolute atomic E-state index is 0.0302. The number of aromatic nitrogens is 4. The Morgan fingerprint density at radius 3 is 2.50 bits per heavy atom. The second-order valence-corrected chi connectivity index (χ2v) is 8.14. The first-order chi connectivity index (χ1) is 12.2. The summed E-state index contributed by atoms with van der Waals surface area (Å²) in [6, 6.07) is 0. The van der Waals surface area contributed by atoms with Crippen molar-refractivity contribution < 1.29 is 23.2 Å². The highest BCUT2D eigenvalue weighted by atomic mass is 31.2. The Morgan fingerprint density at radius 1 is 1.23 bits per heavy atom. The molecule has 3 N–H and O–H groups in total. The minimum atomic E-state index is -4.08. The van der Waals surface area contributed by atoms with Crippen molar-refractivity contribution in [3.8, 4) is 0 Å². The van der Waals surface area contributed by atoms with E-state index in [1.54, 1.807) is 10.9 Å². The van der Waals surface area contributed by atoms with Gasteiger partial charge in [0.25, 0.3) is 0 Å². The molecular weight excluding hydrogens is 361 g/mol.